The van der Waals surface area contributed by atoms with E-state index in [1.54, 1.807) is 0 Å². The number of aromatic nitrogens is 2. The fraction of sp³-hybridized carbons (Fsp3) is 0.312. The third kappa shape index (κ3) is 2.47. The lowest BCUT2D eigenvalue weighted by Gasteiger charge is -2.13. The summed E-state index contributed by atoms with van der Waals surface area (Å²) in [6, 6.07) is 10.2. The van der Waals surface area contributed by atoms with E-state index in [-0.39, 0.29) is 6.04 Å². The Labute approximate surface area is 118 Å². The largest absolute Gasteiger partial charge is 0.459 e. The van der Waals surface area contributed by atoms with Crippen LogP contribution in [0.4, 0.5) is 0 Å². The van der Waals surface area contributed by atoms with Crippen molar-refractivity contribution in [3.8, 4) is 0 Å². The summed E-state index contributed by atoms with van der Waals surface area (Å²) in [6.45, 7) is 3.08. The molecule has 0 aliphatic heterocycles. The van der Waals surface area contributed by atoms with Crippen molar-refractivity contribution in [1.29, 1.82) is 0 Å². The summed E-state index contributed by atoms with van der Waals surface area (Å²) in [6.07, 6.45) is 4.92. The first-order valence-corrected chi connectivity index (χ1v) is 6.97. The minimum absolute atomic E-state index is 0.00329. The second-order valence-electron chi connectivity index (χ2n) is 5.04. The molecule has 0 saturated carbocycles. The Hall–Kier alpha value is -2.07. The molecule has 0 aliphatic carbocycles. The van der Waals surface area contributed by atoms with Crippen LogP contribution in [0.15, 0.2) is 47.3 Å². The number of furan rings is 1. The van der Waals surface area contributed by atoms with Gasteiger partial charge in [-0.1, -0.05) is 25.1 Å². The molecule has 0 radical (unpaired) electrons. The molecule has 1 aromatic carbocycles. The highest BCUT2D eigenvalue weighted by Gasteiger charge is 2.19. The number of hydrogen-bond donors (Lipinski definition) is 1. The smallest absolute Gasteiger partial charge is 0.134 e. The monoisotopic (exact) mass is 269 g/mol. The zero-order valence-electron chi connectivity index (χ0n) is 11.8. The van der Waals surface area contributed by atoms with E-state index in [2.05, 4.69) is 29.4 Å². The van der Waals surface area contributed by atoms with Crippen molar-refractivity contribution in [2.45, 2.75) is 19.4 Å². The van der Waals surface area contributed by atoms with Gasteiger partial charge in [0.05, 0.1) is 12.0 Å². The highest BCUT2D eigenvalue weighted by molar-refractivity contribution is 5.77. The van der Waals surface area contributed by atoms with E-state index in [1.807, 2.05) is 42.3 Å². The second-order valence-corrected chi connectivity index (χ2v) is 5.04. The Morgan fingerprint density at radius 2 is 2.20 bits per heavy atom. The molecule has 3 aromatic rings. The lowest BCUT2D eigenvalue weighted by Crippen LogP contribution is -2.23. The summed E-state index contributed by atoms with van der Waals surface area (Å²) in [5.74, 6) is 0.915. The fourth-order valence-electron chi connectivity index (χ4n) is 2.37. The maximum absolute atomic E-state index is 5.98. The number of para-hydroxylation sites is 1. The van der Waals surface area contributed by atoms with Gasteiger partial charge in [-0.25, -0.2) is 4.98 Å². The zero-order valence-corrected chi connectivity index (χ0v) is 11.8. The van der Waals surface area contributed by atoms with Crippen molar-refractivity contribution >= 4 is 11.0 Å². The van der Waals surface area contributed by atoms with E-state index in [4.69, 9.17) is 4.42 Å². The summed E-state index contributed by atoms with van der Waals surface area (Å²) < 4.78 is 7.94. The summed E-state index contributed by atoms with van der Waals surface area (Å²) in [5.41, 5.74) is 1.90. The molecule has 3 rings (SSSR count). The van der Waals surface area contributed by atoms with Gasteiger partial charge in [0.25, 0.3) is 0 Å². The van der Waals surface area contributed by atoms with Gasteiger partial charge >= 0.3 is 0 Å². The molecule has 1 atom stereocenters. The number of imidazole rings is 1. The number of benzene rings is 1. The molecular formula is C16H19N3O. The van der Waals surface area contributed by atoms with E-state index in [1.165, 1.54) is 0 Å². The van der Waals surface area contributed by atoms with E-state index < -0.39 is 0 Å². The lowest BCUT2D eigenvalue weighted by atomic mass is 10.1. The molecule has 2 heterocycles. The van der Waals surface area contributed by atoms with Gasteiger partial charge < -0.3 is 14.3 Å². The molecule has 0 amide bonds. The molecule has 104 valence electrons. The van der Waals surface area contributed by atoms with Crippen LogP contribution >= 0.6 is 0 Å². The first-order chi connectivity index (χ1) is 9.78. The third-order valence-corrected chi connectivity index (χ3v) is 3.35. The summed E-state index contributed by atoms with van der Waals surface area (Å²) >= 11 is 0. The molecule has 1 N–H and O–H groups in total. The number of nitrogens with zero attached hydrogens (tertiary/aromatic N) is 2. The van der Waals surface area contributed by atoms with Crippen LogP contribution in [0, 0.1) is 0 Å². The number of fused-ring (bicyclic) bond motifs is 1. The van der Waals surface area contributed by atoms with Crippen molar-refractivity contribution in [3.63, 3.8) is 0 Å². The third-order valence-electron chi connectivity index (χ3n) is 3.35. The first kappa shape index (κ1) is 12.9. The average molecular weight is 269 g/mol. The number of nitrogens with one attached hydrogen (secondary N) is 1. The Morgan fingerprint density at radius 1 is 1.35 bits per heavy atom. The number of rotatable bonds is 5. The molecule has 0 saturated heterocycles. The maximum Gasteiger partial charge on any atom is 0.134 e. The predicted molar refractivity (Wildman–Crippen MR) is 79.6 cm³/mol. The molecule has 0 spiro atoms. The van der Waals surface area contributed by atoms with E-state index in [0.29, 0.717) is 0 Å². The molecule has 1 unspecified atom stereocenters. The second kappa shape index (κ2) is 5.51. The van der Waals surface area contributed by atoms with E-state index in [9.17, 15) is 0 Å². The molecular weight excluding hydrogens is 250 g/mol. The predicted octanol–water partition coefficient (Wildman–Crippen LogP) is 3.26. The number of aryl methyl sites for hydroxylation is 1. The van der Waals surface area contributed by atoms with Gasteiger partial charge in [0.15, 0.2) is 0 Å². The molecule has 0 fully saturated rings. The highest BCUT2D eigenvalue weighted by atomic mass is 16.3. The first-order valence-electron chi connectivity index (χ1n) is 6.97. The minimum atomic E-state index is 0.00329. The quantitative estimate of drug-likeness (QED) is 0.773. The molecule has 20 heavy (non-hydrogen) atoms. The highest BCUT2D eigenvalue weighted by Crippen LogP contribution is 2.27. The zero-order chi connectivity index (χ0) is 13.9. The van der Waals surface area contributed by atoms with E-state index in [0.717, 1.165) is 35.4 Å². The van der Waals surface area contributed by atoms with Crippen LogP contribution in [0.1, 0.15) is 30.8 Å². The van der Waals surface area contributed by atoms with Gasteiger partial charge in [0.1, 0.15) is 17.4 Å². The molecule has 4 nitrogen and oxygen atoms in total. The van der Waals surface area contributed by atoms with Crippen molar-refractivity contribution in [3.05, 3.63) is 54.3 Å². The fourth-order valence-corrected chi connectivity index (χ4v) is 2.37. The normalized spacial score (nSPS) is 12.9. The van der Waals surface area contributed by atoms with Crippen LogP contribution < -0.4 is 5.32 Å². The van der Waals surface area contributed by atoms with Crippen LogP contribution in [0.25, 0.3) is 11.0 Å². The van der Waals surface area contributed by atoms with Crippen molar-refractivity contribution in [2.24, 2.45) is 7.05 Å². The minimum Gasteiger partial charge on any atom is -0.459 e. The van der Waals surface area contributed by atoms with Crippen LogP contribution in [0.3, 0.4) is 0 Å². The SMILES string of the molecule is CCCNC(c1cn(C)cn1)c1cc2ccccc2o1. The Balaban J connectivity index is 1.99. The van der Waals surface area contributed by atoms with Gasteiger partial charge in [0.2, 0.25) is 0 Å². The van der Waals surface area contributed by atoms with Gasteiger partial charge in [-0.2, -0.15) is 0 Å². The maximum atomic E-state index is 5.98. The summed E-state index contributed by atoms with van der Waals surface area (Å²) in [4.78, 5) is 4.46. The Kier molecular flexibility index (Phi) is 3.56. The van der Waals surface area contributed by atoms with Gasteiger partial charge in [-0.05, 0) is 25.1 Å². The Bertz CT molecular complexity index is 665. The average Bonchev–Trinajstić information content (AvgIpc) is 3.05. The molecule has 0 bridgehead atoms. The Morgan fingerprint density at radius 3 is 2.90 bits per heavy atom. The van der Waals surface area contributed by atoms with Crippen LogP contribution in [-0.4, -0.2) is 16.1 Å². The van der Waals surface area contributed by atoms with Crippen LogP contribution in [-0.2, 0) is 7.05 Å². The van der Waals surface area contributed by atoms with Crippen molar-refractivity contribution in [1.82, 2.24) is 14.9 Å². The van der Waals surface area contributed by atoms with Crippen molar-refractivity contribution in [2.75, 3.05) is 6.54 Å². The van der Waals surface area contributed by atoms with E-state index >= 15 is 0 Å². The lowest BCUT2D eigenvalue weighted by molar-refractivity contribution is 0.464. The van der Waals surface area contributed by atoms with Crippen molar-refractivity contribution < 1.29 is 4.42 Å². The topological polar surface area (TPSA) is 43.0 Å². The van der Waals surface area contributed by atoms with Gasteiger partial charge in [-0.15, -0.1) is 0 Å². The number of hydrogen-bond acceptors (Lipinski definition) is 3. The van der Waals surface area contributed by atoms with Gasteiger partial charge in [0, 0.05) is 18.6 Å². The summed E-state index contributed by atoms with van der Waals surface area (Å²) in [5, 5.41) is 4.63. The molecule has 0 aliphatic rings. The summed E-state index contributed by atoms with van der Waals surface area (Å²) in [7, 11) is 1.98. The van der Waals surface area contributed by atoms with Gasteiger partial charge in [-0.3, -0.25) is 0 Å². The molecule has 4 heteroatoms. The standard InChI is InChI=1S/C16H19N3O/c1-3-8-17-16(13-10-19(2)11-18-13)15-9-12-6-4-5-7-14(12)20-15/h4-7,9-11,16-17H,3,8H2,1-2H3. The van der Waals surface area contributed by atoms with Crippen LogP contribution in [0.5, 0.6) is 0 Å². The van der Waals surface area contributed by atoms with Crippen LogP contribution in [0.2, 0.25) is 0 Å². The molecule has 2 aromatic heterocycles.